The van der Waals surface area contributed by atoms with E-state index in [9.17, 15) is 8.42 Å². The van der Waals surface area contributed by atoms with Gasteiger partial charge in [-0.15, -0.1) is 12.4 Å². The molecule has 0 aliphatic rings. The van der Waals surface area contributed by atoms with Crippen LogP contribution < -0.4 is 10.5 Å². The van der Waals surface area contributed by atoms with Gasteiger partial charge in [0.25, 0.3) is 0 Å². The van der Waals surface area contributed by atoms with Gasteiger partial charge in [0.05, 0.1) is 10.0 Å². The Kier molecular flexibility index (Phi) is 6.62. The van der Waals surface area contributed by atoms with E-state index in [1.165, 1.54) is 12.1 Å². The molecule has 0 unspecified atom stereocenters. The molecule has 0 amide bonds. The Hall–Kier alpha value is -0.0400. The molecule has 8 heteroatoms. The van der Waals surface area contributed by atoms with Crippen LogP contribution in [0.5, 0.6) is 0 Å². The number of sulfonamides is 1. The molecule has 92 valence electrons. The predicted molar refractivity (Wildman–Crippen MR) is 68.0 cm³/mol. The molecule has 0 aromatic heterocycles. The third-order valence-corrected chi connectivity index (χ3v) is 4.04. The lowest BCUT2D eigenvalue weighted by atomic mass is 10.4. The van der Waals surface area contributed by atoms with Gasteiger partial charge in [-0.25, -0.2) is 13.1 Å². The van der Waals surface area contributed by atoms with Crippen molar-refractivity contribution < 1.29 is 8.42 Å². The van der Waals surface area contributed by atoms with E-state index < -0.39 is 10.0 Å². The SMILES string of the molecule is Cl.NCCNS(=O)(=O)c1c(Cl)cccc1Cl. The standard InChI is InChI=1S/C8H10Cl2N2O2S.ClH/c9-6-2-1-3-7(10)8(6)15(13,14)12-5-4-11;/h1-3,12H,4-5,11H2;1H. The third-order valence-electron chi connectivity index (χ3n) is 1.62. The number of benzene rings is 1. The molecule has 0 aliphatic carbocycles. The van der Waals surface area contributed by atoms with Gasteiger partial charge in [0.15, 0.2) is 0 Å². The zero-order valence-corrected chi connectivity index (χ0v) is 11.3. The first-order valence-electron chi connectivity index (χ1n) is 4.13. The van der Waals surface area contributed by atoms with Crippen LogP contribution >= 0.6 is 35.6 Å². The fraction of sp³-hybridized carbons (Fsp3) is 0.250. The van der Waals surface area contributed by atoms with E-state index in [2.05, 4.69) is 4.72 Å². The van der Waals surface area contributed by atoms with Gasteiger partial charge in [0.2, 0.25) is 10.0 Å². The summed E-state index contributed by atoms with van der Waals surface area (Å²) in [5.41, 5.74) is 5.20. The molecule has 0 saturated heterocycles. The van der Waals surface area contributed by atoms with Crippen molar-refractivity contribution >= 4 is 45.6 Å². The van der Waals surface area contributed by atoms with Crippen molar-refractivity contribution in [3.63, 3.8) is 0 Å². The maximum atomic E-state index is 11.7. The fourth-order valence-corrected chi connectivity index (χ4v) is 3.19. The number of hydrogen-bond acceptors (Lipinski definition) is 3. The summed E-state index contributed by atoms with van der Waals surface area (Å²) >= 11 is 11.5. The van der Waals surface area contributed by atoms with Crippen LogP contribution in [0.25, 0.3) is 0 Å². The number of hydrogen-bond donors (Lipinski definition) is 2. The molecule has 1 aromatic rings. The van der Waals surface area contributed by atoms with Gasteiger partial charge in [-0.05, 0) is 12.1 Å². The van der Waals surface area contributed by atoms with Gasteiger partial charge >= 0.3 is 0 Å². The number of rotatable bonds is 4. The molecular formula is C8H11Cl3N2O2S. The van der Waals surface area contributed by atoms with Crippen LogP contribution in [0.4, 0.5) is 0 Å². The molecule has 0 saturated carbocycles. The van der Waals surface area contributed by atoms with E-state index >= 15 is 0 Å². The Morgan fingerprint density at radius 3 is 2.19 bits per heavy atom. The highest BCUT2D eigenvalue weighted by Gasteiger charge is 2.20. The molecule has 0 fully saturated rings. The second-order valence-corrected chi connectivity index (χ2v) is 5.26. The lowest BCUT2D eigenvalue weighted by molar-refractivity contribution is 0.582. The van der Waals surface area contributed by atoms with Crippen molar-refractivity contribution in [1.82, 2.24) is 4.72 Å². The molecule has 0 radical (unpaired) electrons. The van der Waals surface area contributed by atoms with E-state index in [4.69, 9.17) is 28.9 Å². The Morgan fingerprint density at radius 2 is 1.75 bits per heavy atom. The maximum Gasteiger partial charge on any atom is 0.243 e. The van der Waals surface area contributed by atoms with Crippen molar-refractivity contribution in [3.05, 3.63) is 28.2 Å². The van der Waals surface area contributed by atoms with Crippen molar-refractivity contribution in [2.45, 2.75) is 4.90 Å². The van der Waals surface area contributed by atoms with Gasteiger partial charge in [-0.3, -0.25) is 0 Å². The van der Waals surface area contributed by atoms with Gasteiger partial charge in [0, 0.05) is 13.1 Å². The van der Waals surface area contributed by atoms with Crippen LogP contribution in [0.2, 0.25) is 10.0 Å². The second kappa shape index (κ2) is 6.64. The molecule has 16 heavy (non-hydrogen) atoms. The van der Waals surface area contributed by atoms with Crippen LogP contribution in [0, 0.1) is 0 Å². The summed E-state index contributed by atoms with van der Waals surface area (Å²) in [6.45, 7) is 0.352. The van der Waals surface area contributed by atoms with Gasteiger partial charge < -0.3 is 5.73 Å². The first kappa shape index (κ1) is 16.0. The summed E-state index contributed by atoms with van der Waals surface area (Å²) in [4.78, 5) is -0.109. The lowest BCUT2D eigenvalue weighted by Crippen LogP contribution is -2.29. The highest BCUT2D eigenvalue weighted by Crippen LogP contribution is 2.28. The van der Waals surface area contributed by atoms with Crippen LogP contribution in [0.1, 0.15) is 0 Å². The summed E-state index contributed by atoms with van der Waals surface area (Å²) in [7, 11) is -3.68. The Bertz CT molecular complexity index is 430. The van der Waals surface area contributed by atoms with Gasteiger partial charge in [0.1, 0.15) is 4.90 Å². The molecule has 0 aliphatic heterocycles. The third kappa shape index (κ3) is 3.76. The quantitative estimate of drug-likeness (QED) is 0.888. The van der Waals surface area contributed by atoms with Crippen molar-refractivity contribution in [1.29, 1.82) is 0 Å². The van der Waals surface area contributed by atoms with Gasteiger partial charge in [-0.1, -0.05) is 29.3 Å². The smallest absolute Gasteiger partial charge is 0.243 e. The fourth-order valence-electron chi connectivity index (χ4n) is 1.00. The Labute approximate surface area is 111 Å². The molecule has 0 spiro atoms. The van der Waals surface area contributed by atoms with Crippen molar-refractivity contribution in [2.24, 2.45) is 5.73 Å². The largest absolute Gasteiger partial charge is 0.329 e. The zero-order chi connectivity index (χ0) is 11.5. The predicted octanol–water partition coefficient (Wildman–Crippen LogP) is 1.65. The molecule has 0 atom stereocenters. The molecule has 4 nitrogen and oxygen atoms in total. The van der Waals surface area contributed by atoms with Gasteiger partial charge in [-0.2, -0.15) is 0 Å². The highest BCUT2D eigenvalue weighted by atomic mass is 35.5. The Morgan fingerprint density at radius 1 is 1.25 bits per heavy atom. The minimum Gasteiger partial charge on any atom is -0.329 e. The minimum atomic E-state index is -3.68. The molecule has 3 N–H and O–H groups in total. The van der Waals surface area contributed by atoms with Crippen molar-refractivity contribution in [2.75, 3.05) is 13.1 Å². The zero-order valence-electron chi connectivity index (χ0n) is 8.11. The van der Waals surface area contributed by atoms with Crippen LogP contribution in [0.3, 0.4) is 0 Å². The summed E-state index contributed by atoms with van der Waals surface area (Å²) in [5, 5.41) is 0.180. The van der Waals surface area contributed by atoms with Crippen LogP contribution in [0.15, 0.2) is 23.1 Å². The number of nitrogens with two attached hydrogens (primary N) is 1. The van der Waals surface area contributed by atoms with E-state index in [1.54, 1.807) is 6.07 Å². The number of nitrogens with one attached hydrogen (secondary N) is 1. The average Bonchev–Trinajstić information content (AvgIpc) is 2.14. The summed E-state index contributed by atoms with van der Waals surface area (Å²) in [6, 6.07) is 4.50. The lowest BCUT2D eigenvalue weighted by Gasteiger charge is -2.08. The second-order valence-electron chi connectivity index (χ2n) is 2.74. The van der Waals surface area contributed by atoms with Crippen LogP contribution in [-0.4, -0.2) is 21.5 Å². The number of halogens is 3. The van der Waals surface area contributed by atoms with E-state index in [0.717, 1.165) is 0 Å². The Balaban J connectivity index is 0.00000225. The normalized spacial score (nSPS) is 10.9. The topological polar surface area (TPSA) is 72.2 Å². The van der Waals surface area contributed by atoms with E-state index in [-0.39, 0.29) is 40.4 Å². The van der Waals surface area contributed by atoms with Crippen molar-refractivity contribution in [3.8, 4) is 0 Å². The monoisotopic (exact) mass is 304 g/mol. The molecular weight excluding hydrogens is 295 g/mol. The summed E-state index contributed by atoms with van der Waals surface area (Å²) in [6.07, 6.45) is 0. The molecule has 0 heterocycles. The van der Waals surface area contributed by atoms with Crippen LogP contribution in [-0.2, 0) is 10.0 Å². The molecule has 0 bridgehead atoms. The average molecular weight is 306 g/mol. The maximum absolute atomic E-state index is 11.7. The highest BCUT2D eigenvalue weighted by molar-refractivity contribution is 7.89. The first-order chi connectivity index (χ1) is 6.99. The first-order valence-corrected chi connectivity index (χ1v) is 6.36. The van der Waals surface area contributed by atoms with E-state index in [1.807, 2.05) is 0 Å². The summed E-state index contributed by atoms with van der Waals surface area (Å²) in [5.74, 6) is 0. The molecule has 1 aromatic carbocycles. The minimum absolute atomic E-state index is 0. The van der Waals surface area contributed by atoms with E-state index in [0.29, 0.717) is 0 Å². The summed E-state index contributed by atoms with van der Waals surface area (Å²) < 4.78 is 25.7. The molecule has 1 rings (SSSR count).